The number of ether oxygens (including phenoxy) is 1. The zero-order valence-electron chi connectivity index (χ0n) is 22.4. The summed E-state index contributed by atoms with van der Waals surface area (Å²) in [5.41, 5.74) is 1.22. The molecule has 1 N–H and O–H groups in total. The zero-order valence-corrected chi connectivity index (χ0v) is 22.4. The van der Waals surface area contributed by atoms with E-state index in [4.69, 9.17) is 4.74 Å². The lowest BCUT2D eigenvalue weighted by Gasteiger charge is -2.42. The Morgan fingerprint density at radius 1 is 0.854 bits per heavy atom. The van der Waals surface area contributed by atoms with Gasteiger partial charge < -0.3 is 14.5 Å². The second kappa shape index (κ2) is 9.15. The number of carbonyl (C=O) groups is 2. The minimum atomic E-state index is -4.53. The Bertz CT molecular complexity index is 1680. The van der Waals surface area contributed by atoms with E-state index in [1.165, 1.54) is 12.1 Å². The summed E-state index contributed by atoms with van der Waals surface area (Å²) in [6, 6.07) is 10.1. The van der Waals surface area contributed by atoms with Gasteiger partial charge in [-0.1, -0.05) is 0 Å². The van der Waals surface area contributed by atoms with Crippen molar-refractivity contribution in [3.63, 3.8) is 0 Å². The Balaban J connectivity index is 1.08. The van der Waals surface area contributed by atoms with E-state index < -0.39 is 11.7 Å². The number of alkyl halides is 3. The molecule has 0 radical (unpaired) electrons. The van der Waals surface area contributed by atoms with Gasteiger partial charge in [-0.2, -0.15) is 28.6 Å². The molecule has 212 valence electrons. The highest BCUT2D eigenvalue weighted by Gasteiger charge is 2.59. The molecule has 3 fully saturated rings. The lowest BCUT2D eigenvalue weighted by Crippen LogP contribution is -2.44. The van der Waals surface area contributed by atoms with Crippen molar-refractivity contribution in [3.8, 4) is 5.75 Å². The van der Waals surface area contributed by atoms with Crippen molar-refractivity contribution in [2.24, 2.45) is 23.7 Å². The summed E-state index contributed by atoms with van der Waals surface area (Å²) >= 11 is 0. The summed E-state index contributed by atoms with van der Waals surface area (Å²) in [4.78, 5) is 34.8. The van der Waals surface area contributed by atoms with Gasteiger partial charge in [0.1, 0.15) is 22.5 Å². The number of fused-ring (bicyclic) bond motifs is 6. The third-order valence-corrected chi connectivity index (χ3v) is 8.74. The molecule has 2 saturated heterocycles. The number of nitrogens with one attached hydrogen (secondary N) is 1. The van der Waals surface area contributed by atoms with Crippen molar-refractivity contribution in [2.75, 3.05) is 26.2 Å². The Morgan fingerprint density at radius 2 is 1.49 bits per heavy atom. The van der Waals surface area contributed by atoms with Crippen LogP contribution in [0.3, 0.4) is 0 Å². The van der Waals surface area contributed by atoms with E-state index in [-0.39, 0.29) is 41.0 Å². The highest BCUT2D eigenvalue weighted by Crippen LogP contribution is 2.54. The second-order valence-corrected chi connectivity index (χ2v) is 11.5. The van der Waals surface area contributed by atoms with Gasteiger partial charge in [0.2, 0.25) is 0 Å². The van der Waals surface area contributed by atoms with Gasteiger partial charge in [0.15, 0.2) is 0 Å². The number of rotatable bonds is 4. The largest absolute Gasteiger partial charge is 0.490 e. The first-order chi connectivity index (χ1) is 19.6. The molecule has 2 aromatic heterocycles. The third-order valence-electron chi connectivity index (χ3n) is 8.74. The van der Waals surface area contributed by atoms with Gasteiger partial charge in [-0.3, -0.25) is 9.59 Å². The molecule has 2 unspecified atom stereocenters. The maximum atomic E-state index is 13.6. The summed E-state index contributed by atoms with van der Waals surface area (Å²) < 4.78 is 46.1. The second-order valence-electron chi connectivity index (χ2n) is 11.5. The van der Waals surface area contributed by atoms with Crippen LogP contribution in [0, 0.1) is 23.7 Å². The normalized spacial score (nSPS) is 23.7. The van der Waals surface area contributed by atoms with Gasteiger partial charge >= 0.3 is 6.18 Å². The van der Waals surface area contributed by atoms with Gasteiger partial charge in [0.05, 0.1) is 17.2 Å². The molecule has 1 aliphatic carbocycles. The molecule has 2 aromatic carbocycles. The number of hydrogen-bond acceptors (Lipinski definition) is 6. The number of H-pyrrole nitrogens is 1. The van der Waals surface area contributed by atoms with Crippen molar-refractivity contribution in [1.29, 1.82) is 0 Å². The fourth-order valence-electron chi connectivity index (χ4n) is 6.86. The molecule has 4 atom stereocenters. The van der Waals surface area contributed by atoms with Gasteiger partial charge in [-0.05, 0) is 73.9 Å². The van der Waals surface area contributed by atoms with E-state index in [1.807, 2.05) is 18.7 Å². The van der Waals surface area contributed by atoms with Crippen LogP contribution in [-0.4, -0.2) is 74.3 Å². The Labute approximate surface area is 232 Å². The van der Waals surface area contributed by atoms with E-state index in [2.05, 4.69) is 20.4 Å². The van der Waals surface area contributed by atoms with Crippen molar-refractivity contribution >= 4 is 33.8 Å². The van der Waals surface area contributed by atoms with Crippen molar-refractivity contribution in [1.82, 2.24) is 30.2 Å². The predicted molar refractivity (Wildman–Crippen MR) is 142 cm³/mol. The fourth-order valence-corrected chi connectivity index (χ4v) is 6.86. The molecular formula is C29H27F3N6O3. The smallest absolute Gasteiger partial charge is 0.416 e. The van der Waals surface area contributed by atoms with Crippen molar-refractivity contribution in [2.45, 2.75) is 26.1 Å². The molecule has 0 bridgehead atoms. The average molecular weight is 565 g/mol. The average Bonchev–Trinajstić information content (AvgIpc) is 3.65. The highest BCUT2D eigenvalue weighted by molar-refractivity contribution is 5.98. The number of pyridine rings is 1. The molecule has 1 saturated carbocycles. The van der Waals surface area contributed by atoms with Crippen LogP contribution in [0.2, 0.25) is 0 Å². The van der Waals surface area contributed by atoms with E-state index in [1.54, 1.807) is 23.1 Å². The van der Waals surface area contributed by atoms with Crippen LogP contribution in [0.1, 0.15) is 40.3 Å². The van der Waals surface area contributed by atoms with Crippen molar-refractivity contribution in [3.05, 3.63) is 59.3 Å². The summed E-state index contributed by atoms with van der Waals surface area (Å²) in [5.74, 6) is 1.12. The first-order valence-electron chi connectivity index (χ1n) is 13.6. The van der Waals surface area contributed by atoms with Crippen LogP contribution in [0.25, 0.3) is 21.9 Å². The third kappa shape index (κ3) is 4.27. The number of nitrogens with zero attached hydrogens (tertiary/aromatic N) is 5. The monoisotopic (exact) mass is 564 g/mol. The Hall–Kier alpha value is -4.22. The number of halogens is 3. The molecule has 2 aliphatic heterocycles. The molecule has 4 aromatic rings. The van der Waals surface area contributed by atoms with Crippen LogP contribution in [0.4, 0.5) is 13.2 Å². The zero-order chi connectivity index (χ0) is 28.6. The molecule has 41 heavy (non-hydrogen) atoms. The van der Waals surface area contributed by atoms with Crippen LogP contribution in [0.5, 0.6) is 5.75 Å². The number of hydrogen-bond donors (Lipinski definition) is 1. The van der Waals surface area contributed by atoms with E-state index in [0.717, 1.165) is 12.1 Å². The topological polar surface area (TPSA) is 104 Å². The lowest BCUT2D eigenvalue weighted by atomic mass is 9.60. The van der Waals surface area contributed by atoms with Crippen LogP contribution >= 0.6 is 0 Å². The first-order valence-corrected chi connectivity index (χ1v) is 13.6. The number of likely N-dealkylation sites (tertiary alicyclic amines) is 2. The molecule has 3 aliphatic rings. The molecule has 9 nitrogen and oxygen atoms in total. The standard InChI is InChI=1S/C29H27F3N6O3/c1-14(2)41-26-9-25(33-23-8-16(29(30,31)32)4-5-17(23)26)28(40)38-12-20-18-10-37(11-19(18)21(20)13-38)27(39)15-3-6-22-24(7-15)35-36-34-22/h3-9,14,18-21H,10-13H2,1-2H3,(H,34,35,36)/t18-,19+,20?,21?. The van der Waals surface area contributed by atoms with Crippen LogP contribution in [-0.2, 0) is 6.18 Å². The van der Waals surface area contributed by atoms with E-state index in [0.29, 0.717) is 65.7 Å². The van der Waals surface area contributed by atoms with Crippen molar-refractivity contribution < 1.29 is 27.5 Å². The first kappa shape index (κ1) is 25.7. The molecule has 2 amide bonds. The predicted octanol–water partition coefficient (Wildman–Crippen LogP) is 4.40. The number of amides is 2. The number of benzene rings is 2. The number of carbonyl (C=O) groups excluding carboxylic acids is 2. The fraction of sp³-hybridized carbons (Fsp3) is 0.414. The molecular weight excluding hydrogens is 537 g/mol. The molecule has 7 rings (SSSR count). The summed E-state index contributed by atoms with van der Waals surface area (Å²) in [6.45, 7) is 5.94. The SMILES string of the molecule is CC(C)Oc1cc(C(=O)N2CC3C(C2)[C@@H]2CN(C(=O)c4ccc5n[nH]nc5c4)C[C@H]32)nc2cc(C(F)(F)F)ccc12. The number of aromatic nitrogens is 4. The Kier molecular flexibility index (Phi) is 5.74. The van der Waals surface area contributed by atoms with Gasteiger partial charge in [0.25, 0.3) is 11.8 Å². The summed E-state index contributed by atoms with van der Waals surface area (Å²) in [5, 5.41) is 11.1. The lowest BCUT2D eigenvalue weighted by molar-refractivity contribution is -0.137. The molecule has 4 heterocycles. The molecule has 0 spiro atoms. The van der Waals surface area contributed by atoms with E-state index >= 15 is 0 Å². The summed E-state index contributed by atoms with van der Waals surface area (Å²) in [6.07, 6.45) is -4.77. The number of aromatic amines is 1. The van der Waals surface area contributed by atoms with E-state index in [9.17, 15) is 22.8 Å². The quantitative estimate of drug-likeness (QED) is 0.394. The molecule has 12 heteroatoms. The van der Waals surface area contributed by atoms with Gasteiger partial charge in [-0.25, -0.2) is 4.98 Å². The minimum absolute atomic E-state index is 0.0356. The van der Waals surface area contributed by atoms with Crippen LogP contribution in [0.15, 0.2) is 42.5 Å². The summed E-state index contributed by atoms with van der Waals surface area (Å²) in [7, 11) is 0. The highest BCUT2D eigenvalue weighted by atomic mass is 19.4. The Morgan fingerprint density at radius 3 is 2.12 bits per heavy atom. The maximum Gasteiger partial charge on any atom is 0.416 e. The maximum absolute atomic E-state index is 13.6. The van der Waals surface area contributed by atoms with Gasteiger partial charge in [0, 0.05) is 43.2 Å². The minimum Gasteiger partial charge on any atom is -0.490 e. The van der Waals surface area contributed by atoms with Gasteiger partial charge in [-0.15, -0.1) is 0 Å². The van der Waals surface area contributed by atoms with Crippen LogP contribution < -0.4 is 4.74 Å².